The van der Waals surface area contributed by atoms with Gasteiger partial charge in [-0.2, -0.15) is 0 Å². The number of aromatic nitrogens is 2. The highest BCUT2D eigenvalue weighted by Crippen LogP contribution is 2.22. The first-order chi connectivity index (χ1) is 8.49. The molecule has 0 fully saturated rings. The minimum Gasteiger partial charge on any atom is -0.465 e. The fourth-order valence-corrected chi connectivity index (χ4v) is 2.28. The quantitative estimate of drug-likeness (QED) is 0.502. The maximum atomic E-state index is 11.7. The van der Waals surface area contributed by atoms with Crippen LogP contribution in [0.2, 0.25) is 0 Å². The Morgan fingerprint density at radius 1 is 1.44 bits per heavy atom. The number of esters is 1. The van der Waals surface area contributed by atoms with Gasteiger partial charge in [0.05, 0.1) is 6.61 Å². The standard InChI is InChI=1S/C12H18N2O3S/c1-5-9(11(16)17-6-2)18-12-13-8(4)7(3)10(15)14-12/h9H,5-6H2,1-4H3,(H,13,14,15)/t9-/m1/s1. The molecule has 0 aliphatic carbocycles. The SMILES string of the molecule is CCOC(=O)[C@@H](CC)Sc1nc(C)c(C)c(=O)[nH]1. The largest absolute Gasteiger partial charge is 0.465 e. The molecule has 0 aliphatic rings. The van der Waals surface area contributed by atoms with Gasteiger partial charge in [-0.05, 0) is 27.2 Å². The van der Waals surface area contributed by atoms with E-state index in [2.05, 4.69) is 9.97 Å². The Morgan fingerprint density at radius 2 is 2.11 bits per heavy atom. The lowest BCUT2D eigenvalue weighted by Crippen LogP contribution is -2.21. The molecule has 18 heavy (non-hydrogen) atoms. The van der Waals surface area contributed by atoms with Crippen LogP contribution in [0.4, 0.5) is 0 Å². The molecular formula is C12H18N2O3S. The van der Waals surface area contributed by atoms with Crippen LogP contribution in [-0.4, -0.2) is 27.8 Å². The van der Waals surface area contributed by atoms with E-state index >= 15 is 0 Å². The van der Waals surface area contributed by atoms with E-state index in [1.165, 1.54) is 11.8 Å². The smallest absolute Gasteiger partial charge is 0.319 e. The van der Waals surface area contributed by atoms with Crippen LogP contribution in [0.3, 0.4) is 0 Å². The number of hydrogen-bond donors (Lipinski definition) is 1. The van der Waals surface area contributed by atoms with E-state index < -0.39 is 0 Å². The number of nitrogens with zero attached hydrogens (tertiary/aromatic N) is 1. The number of rotatable bonds is 5. The molecule has 1 atom stereocenters. The summed E-state index contributed by atoms with van der Waals surface area (Å²) in [5.74, 6) is -0.272. The van der Waals surface area contributed by atoms with Crippen LogP contribution in [0.25, 0.3) is 0 Å². The van der Waals surface area contributed by atoms with Crippen LogP contribution >= 0.6 is 11.8 Å². The molecule has 0 amide bonds. The highest BCUT2D eigenvalue weighted by Gasteiger charge is 2.20. The van der Waals surface area contributed by atoms with Gasteiger partial charge in [-0.3, -0.25) is 9.59 Å². The third-order valence-corrected chi connectivity index (χ3v) is 3.77. The molecule has 1 rings (SSSR count). The van der Waals surface area contributed by atoms with Crippen LogP contribution in [0.1, 0.15) is 31.5 Å². The zero-order valence-corrected chi connectivity index (χ0v) is 11.9. The van der Waals surface area contributed by atoms with Crippen molar-refractivity contribution < 1.29 is 9.53 Å². The summed E-state index contributed by atoms with van der Waals surface area (Å²) in [4.78, 5) is 30.2. The molecule has 0 unspecified atom stereocenters. The Kier molecular flexibility index (Phi) is 5.40. The lowest BCUT2D eigenvalue weighted by molar-refractivity contribution is -0.142. The molecule has 1 heterocycles. The molecule has 0 saturated heterocycles. The number of hydrogen-bond acceptors (Lipinski definition) is 5. The van der Waals surface area contributed by atoms with E-state index in [0.717, 1.165) is 0 Å². The summed E-state index contributed by atoms with van der Waals surface area (Å²) in [6.07, 6.45) is 0.625. The van der Waals surface area contributed by atoms with E-state index in [9.17, 15) is 9.59 Å². The molecule has 0 aromatic carbocycles. The van der Waals surface area contributed by atoms with E-state index in [1.54, 1.807) is 20.8 Å². The third-order valence-electron chi connectivity index (χ3n) is 2.55. The van der Waals surface area contributed by atoms with Crippen molar-refractivity contribution in [3.63, 3.8) is 0 Å². The zero-order valence-electron chi connectivity index (χ0n) is 11.1. The fourth-order valence-electron chi connectivity index (χ4n) is 1.34. The second-order valence-electron chi connectivity index (χ2n) is 3.85. The van der Waals surface area contributed by atoms with Crippen molar-refractivity contribution in [1.82, 2.24) is 9.97 Å². The topological polar surface area (TPSA) is 72.0 Å². The summed E-state index contributed by atoms with van der Waals surface area (Å²) in [5, 5.41) is 0.123. The van der Waals surface area contributed by atoms with Crippen molar-refractivity contribution in [3.8, 4) is 0 Å². The van der Waals surface area contributed by atoms with Gasteiger partial charge >= 0.3 is 5.97 Å². The van der Waals surface area contributed by atoms with Gasteiger partial charge in [-0.15, -0.1) is 0 Å². The van der Waals surface area contributed by atoms with Crippen LogP contribution in [0.15, 0.2) is 9.95 Å². The second kappa shape index (κ2) is 6.58. The molecule has 0 saturated carbocycles. The maximum absolute atomic E-state index is 11.7. The number of carbonyl (C=O) groups is 1. The Labute approximate surface area is 110 Å². The molecule has 1 N–H and O–H groups in total. The molecular weight excluding hydrogens is 252 g/mol. The number of carbonyl (C=O) groups excluding carboxylic acids is 1. The Hall–Kier alpha value is -1.30. The molecule has 5 nitrogen and oxygen atoms in total. The van der Waals surface area contributed by atoms with Gasteiger partial charge in [0.2, 0.25) is 0 Å². The Balaban J connectivity index is 2.89. The first kappa shape index (κ1) is 14.8. The third kappa shape index (κ3) is 3.60. The van der Waals surface area contributed by atoms with Crippen molar-refractivity contribution in [2.75, 3.05) is 6.61 Å². The van der Waals surface area contributed by atoms with Gasteiger partial charge in [0, 0.05) is 11.3 Å². The van der Waals surface area contributed by atoms with E-state index in [-0.39, 0.29) is 16.8 Å². The summed E-state index contributed by atoms with van der Waals surface area (Å²) in [7, 11) is 0. The maximum Gasteiger partial charge on any atom is 0.319 e. The zero-order chi connectivity index (χ0) is 13.7. The summed E-state index contributed by atoms with van der Waals surface area (Å²) in [6, 6.07) is 0. The van der Waals surface area contributed by atoms with Crippen molar-refractivity contribution in [3.05, 3.63) is 21.6 Å². The molecule has 100 valence electrons. The van der Waals surface area contributed by atoms with Crippen LogP contribution in [-0.2, 0) is 9.53 Å². The summed E-state index contributed by atoms with van der Waals surface area (Å²) >= 11 is 1.23. The second-order valence-corrected chi connectivity index (χ2v) is 5.04. The summed E-state index contributed by atoms with van der Waals surface area (Å²) in [5.41, 5.74) is 1.12. The molecule has 1 aromatic heterocycles. The van der Waals surface area contributed by atoms with Crippen LogP contribution in [0, 0.1) is 13.8 Å². The lowest BCUT2D eigenvalue weighted by Gasteiger charge is -2.12. The highest BCUT2D eigenvalue weighted by atomic mass is 32.2. The number of aryl methyl sites for hydroxylation is 1. The van der Waals surface area contributed by atoms with Crippen molar-refractivity contribution in [2.24, 2.45) is 0 Å². The van der Waals surface area contributed by atoms with Gasteiger partial charge in [-0.1, -0.05) is 18.7 Å². The normalized spacial score (nSPS) is 12.2. The molecule has 0 radical (unpaired) electrons. The van der Waals surface area contributed by atoms with Crippen LogP contribution < -0.4 is 5.56 Å². The van der Waals surface area contributed by atoms with Gasteiger partial charge in [-0.25, -0.2) is 4.98 Å². The number of aromatic amines is 1. The molecule has 6 heteroatoms. The van der Waals surface area contributed by atoms with Crippen molar-refractivity contribution in [1.29, 1.82) is 0 Å². The van der Waals surface area contributed by atoms with Crippen molar-refractivity contribution in [2.45, 2.75) is 44.5 Å². The minimum absolute atomic E-state index is 0.163. The van der Waals surface area contributed by atoms with Gasteiger partial charge in [0.15, 0.2) is 5.16 Å². The Morgan fingerprint density at radius 3 is 2.61 bits per heavy atom. The van der Waals surface area contributed by atoms with Gasteiger partial charge < -0.3 is 9.72 Å². The predicted molar refractivity (Wildman–Crippen MR) is 70.9 cm³/mol. The fraction of sp³-hybridized carbons (Fsp3) is 0.583. The average Bonchev–Trinajstić information content (AvgIpc) is 2.33. The minimum atomic E-state index is -0.338. The van der Waals surface area contributed by atoms with E-state index in [1.807, 2.05) is 6.92 Å². The monoisotopic (exact) mass is 270 g/mol. The van der Waals surface area contributed by atoms with E-state index in [4.69, 9.17) is 4.74 Å². The number of thioether (sulfide) groups is 1. The average molecular weight is 270 g/mol. The van der Waals surface area contributed by atoms with Gasteiger partial charge in [0.1, 0.15) is 5.25 Å². The summed E-state index contributed by atoms with van der Waals surface area (Å²) < 4.78 is 4.97. The van der Waals surface area contributed by atoms with Crippen LogP contribution in [0.5, 0.6) is 0 Å². The predicted octanol–water partition coefficient (Wildman–Crippen LogP) is 1.82. The van der Waals surface area contributed by atoms with Crippen molar-refractivity contribution >= 4 is 17.7 Å². The highest BCUT2D eigenvalue weighted by molar-refractivity contribution is 8.00. The summed E-state index contributed by atoms with van der Waals surface area (Å²) in [6.45, 7) is 7.52. The number of ether oxygens (including phenoxy) is 1. The number of nitrogens with one attached hydrogen (secondary N) is 1. The van der Waals surface area contributed by atoms with E-state index in [0.29, 0.717) is 29.4 Å². The van der Waals surface area contributed by atoms with Gasteiger partial charge in [0.25, 0.3) is 5.56 Å². The first-order valence-electron chi connectivity index (χ1n) is 5.90. The molecule has 0 bridgehead atoms. The molecule has 1 aromatic rings. The lowest BCUT2D eigenvalue weighted by atomic mass is 10.3. The Bertz CT molecular complexity index is 485. The molecule has 0 aliphatic heterocycles. The first-order valence-corrected chi connectivity index (χ1v) is 6.78. The number of H-pyrrole nitrogens is 1. The molecule has 0 spiro atoms.